The van der Waals surface area contributed by atoms with Crippen LogP contribution in [0.15, 0.2) is 60.8 Å². The van der Waals surface area contributed by atoms with Gasteiger partial charge in [0.25, 0.3) is 5.91 Å². The Kier molecular flexibility index (Phi) is 7.97. The molecule has 6 nitrogen and oxygen atoms in total. The van der Waals surface area contributed by atoms with Gasteiger partial charge in [0.2, 0.25) is 0 Å². The van der Waals surface area contributed by atoms with Crippen LogP contribution in [-0.4, -0.2) is 29.9 Å². The fraction of sp³-hybridized carbons (Fsp3) is 0.269. The highest BCUT2D eigenvalue weighted by Crippen LogP contribution is 2.30. The summed E-state index contributed by atoms with van der Waals surface area (Å²) in [7, 11) is 0. The van der Waals surface area contributed by atoms with E-state index < -0.39 is 0 Å². The maximum absolute atomic E-state index is 13.4. The molecule has 0 unspecified atom stereocenters. The van der Waals surface area contributed by atoms with Crippen LogP contribution in [-0.2, 0) is 0 Å². The van der Waals surface area contributed by atoms with Gasteiger partial charge in [-0.1, -0.05) is 38.1 Å². The van der Waals surface area contributed by atoms with Gasteiger partial charge in [-0.25, -0.2) is 4.98 Å². The van der Waals surface area contributed by atoms with Crippen molar-refractivity contribution in [3.05, 3.63) is 83.0 Å². The van der Waals surface area contributed by atoms with Crippen LogP contribution in [0.4, 0.5) is 5.82 Å². The molecule has 0 spiro atoms. The van der Waals surface area contributed by atoms with Crippen LogP contribution < -0.4 is 14.8 Å². The van der Waals surface area contributed by atoms with Crippen LogP contribution in [0.2, 0.25) is 0 Å². The molecule has 0 saturated carbocycles. The smallest absolute Gasteiger partial charge is 0.257 e. The first-order valence-electron chi connectivity index (χ1n) is 10.8. The Labute approximate surface area is 188 Å². The lowest BCUT2D eigenvalue weighted by Crippen LogP contribution is -2.18. The standard InChI is InChI=1S/C26H28N2O4/c1-4-15-31-22-13-12-19(17-23(22)32-16-5-2)24(29)20-10-6-7-11-21(20)26(30)28-25-18(3)9-8-14-27-25/h6-14,17H,4-5,15-16H2,1-3H3,(H,27,28,30). The summed E-state index contributed by atoms with van der Waals surface area (Å²) >= 11 is 0. The van der Waals surface area contributed by atoms with Crippen LogP contribution in [0.1, 0.15) is 58.5 Å². The number of hydrogen-bond donors (Lipinski definition) is 1. The molecule has 0 aliphatic heterocycles. The first-order chi connectivity index (χ1) is 15.5. The van der Waals surface area contributed by atoms with Gasteiger partial charge in [-0.15, -0.1) is 0 Å². The third-order valence-electron chi connectivity index (χ3n) is 4.79. The van der Waals surface area contributed by atoms with E-state index in [9.17, 15) is 9.59 Å². The fourth-order valence-corrected chi connectivity index (χ4v) is 3.13. The highest BCUT2D eigenvalue weighted by Gasteiger charge is 2.20. The van der Waals surface area contributed by atoms with E-state index >= 15 is 0 Å². The first-order valence-corrected chi connectivity index (χ1v) is 10.8. The summed E-state index contributed by atoms with van der Waals surface area (Å²) in [6, 6.07) is 15.5. The maximum atomic E-state index is 13.4. The van der Waals surface area contributed by atoms with E-state index in [4.69, 9.17) is 9.47 Å². The molecule has 1 amide bonds. The normalized spacial score (nSPS) is 10.5. The van der Waals surface area contributed by atoms with Crippen molar-refractivity contribution in [3.8, 4) is 11.5 Å². The summed E-state index contributed by atoms with van der Waals surface area (Å²) in [6.45, 7) is 6.98. The van der Waals surface area contributed by atoms with Gasteiger partial charge >= 0.3 is 0 Å². The minimum absolute atomic E-state index is 0.267. The van der Waals surface area contributed by atoms with Gasteiger partial charge in [0.1, 0.15) is 5.82 Å². The van der Waals surface area contributed by atoms with Crippen molar-refractivity contribution >= 4 is 17.5 Å². The van der Waals surface area contributed by atoms with Gasteiger partial charge in [0.05, 0.1) is 18.8 Å². The fourth-order valence-electron chi connectivity index (χ4n) is 3.13. The summed E-state index contributed by atoms with van der Waals surface area (Å²) in [5, 5.41) is 2.80. The molecule has 0 aliphatic carbocycles. The predicted molar refractivity (Wildman–Crippen MR) is 125 cm³/mol. The Morgan fingerprint density at radius 1 is 0.875 bits per heavy atom. The molecule has 32 heavy (non-hydrogen) atoms. The summed E-state index contributed by atoms with van der Waals surface area (Å²) in [4.78, 5) is 30.5. The summed E-state index contributed by atoms with van der Waals surface area (Å²) in [5.74, 6) is 0.941. The topological polar surface area (TPSA) is 77.5 Å². The molecule has 0 atom stereocenters. The van der Waals surface area contributed by atoms with Crippen molar-refractivity contribution in [2.75, 3.05) is 18.5 Å². The zero-order chi connectivity index (χ0) is 22.9. The molecule has 2 aromatic carbocycles. The average molecular weight is 433 g/mol. The number of rotatable bonds is 10. The van der Waals surface area contributed by atoms with Crippen molar-refractivity contribution in [2.45, 2.75) is 33.6 Å². The summed E-state index contributed by atoms with van der Waals surface area (Å²) in [6.07, 6.45) is 3.31. The van der Waals surface area contributed by atoms with E-state index in [1.807, 2.05) is 26.8 Å². The number of benzene rings is 2. The lowest BCUT2D eigenvalue weighted by atomic mass is 9.97. The monoisotopic (exact) mass is 432 g/mol. The van der Waals surface area contributed by atoms with E-state index in [0.29, 0.717) is 41.7 Å². The number of carbonyl (C=O) groups is 2. The number of aromatic nitrogens is 1. The SMILES string of the molecule is CCCOc1ccc(C(=O)c2ccccc2C(=O)Nc2ncccc2C)cc1OCCC. The molecule has 3 aromatic rings. The van der Waals surface area contributed by atoms with Gasteiger partial charge < -0.3 is 14.8 Å². The molecule has 1 aromatic heterocycles. The predicted octanol–water partition coefficient (Wildman–Crippen LogP) is 5.45. The molecule has 0 bridgehead atoms. The Hall–Kier alpha value is -3.67. The lowest BCUT2D eigenvalue weighted by molar-refractivity contribution is 0.0996. The van der Waals surface area contributed by atoms with Crippen molar-refractivity contribution in [1.82, 2.24) is 4.98 Å². The second kappa shape index (κ2) is 11.1. The number of ether oxygens (including phenoxy) is 2. The second-order valence-corrected chi connectivity index (χ2v) is 7.36. The average Bonchev–Trinajstić information content (AvgIpc) is 2.82. The third kappa shape index (κ3) is 5.52. The first kappa shape index (κ1) is 23.0. The number of ketones is 1. The van der Waals surface area contributed by atoms with E-state index in [0.717, 1.165) is 18.4 Å². The molecule has 0 saturated heterocycles. The molecule has 0 aliphatic rings. The van der Waals surface area contributed by atoms with Crippen LogP contribution in [0.3, 0.4) is 0 Å². The van der Waals surface area contributed by atoms with Crippen molar-refractivity contribution in [2.24, 2.45) is 0 Å². The summed E-state index contributed by atoms with van der Waals surface area (Å²) in [5.41, 5.74) is 1.85. The largest absolute Gasteiger partial charge is 0.490 e. The molecule has 6 heteroatoms. The maximum Gasteiger partial charge on any atom is 0.257 e. The van der Waals surface area contributed by atoms with Crippen molar-refractivity contribution < 1.29 is 19.1 Å². The van der Waals surface area contributed by atoms with E-state index in [-0.39, 0.29) is 17.3 Å². The van der Waals surface area contributed by atoms with Crippen LogP contribution in [0.25, 0.3) is 0 Å². The van der Waals surface area contributed by atoms with Crippen molar-refractivity contribution in [3.63, 3.8) is 0 Å². The highest BCUT2D eigenvalue weighted by atomic mass is 16.5. The number of aryl methyl sites for hydroxylation is 1. The van der Waals surface area contributed by atoms with Crippen LogP contribution >= 0.6 is 0 Å². The number of amides is 1. The molecule has 3 rings (SSSR count). The Morgan fingerprint density at radius 2 is 1.56 bits per heavy atom. The minimum Gasteiger partial charge on any atom is -0.490 e. The van der Waals surface area contributed by atoms with E-state index in [2.05, 4.69) is 10.3 Å². The van der Waals surface area contributed by atoms with Crippen LogP contribution in [0.5, 0.6) is 11.5 Å². The van der Waals surface area contributed by atoms with Gasteiger partial charge in [-0.05, 0) is 55.7 Å². The molecule has 1 heterocycles. The zero-order valence-corrected chi connectivity index (χ0v) is 18.7. The van der Waals surface area contributed by atoms with Crippen LogP contribution in [0, 0.1) is 6.92 Å². The number of anilines is 1. The second-order valence-electron chi connectivity index (χ2n) is 7.36. The molecular weight excluding hydrogens is 404 g/mol. The van der Waals surface area contributed by atoms with Gasteiger partial charge in [-0.3, -0.25) is 9.59 Å². The van der Waals surface area contributed by atoms with E-state index in [1.165, 1.54) is 0 Å². The quantitative estimate of drug-likeness (QED) is 0.431. The highest BCUT2D eigenvalue weighted by molar-refractivity contribution is 6.17. The number of nitrogens with one attached hydrogen (secondary N) is 1. The van der Waals surface area contributed by atoms with Crippen molar-refractivity contribution in [1.29, 1.82) is 0 Å². The Bertz CT molecular complexity index is 1090. The lowest BCUT2D eigenvalue weighted by Gasteiger charge is -2.14. The Morgan fingerprint density at radius 3 is 2.25 bits per heavy atom. The number of carbonyl (C=O) groups excluding carboxylic acids is 2. The number of pyridine rings is 1. The molecule has 0 radical (unpaired) electrons. The molecule has 166 valence electrons. The zero-order valence-electron chi connectivity index (χ0n) is 18.7. The number of hydrogen-bond acceptors (Lipinski definition) is 5. The van der Waals surface area contributed by atoms with Gasteiger partial charge in [0.15, 0.2) is 17.3 Å². The minimum atomic E-state index is -0.388. The number of nitrogens with zero attached hydrogens (tertiary/aromatic N) is 1. The van der Waals surface area contributed by atoms with E-state index in [1.54, 1.807) is 54.7 Å². The van der Waals surface area contributed by atoms with Gasteiger partial charge in [0, 0.05) is 17.3 Å². The third-order valence-corrected chi connectivity index (χ3v) is 4.79. The molecule has 1 N–H and O–H groups in total. The summed E-state index contributed by atoms with van der Waals surface area (Å²) < 4.78 is 11.6. The Balaban J connectivity index is 1.91. The molecular formula is C26H28N2O4. The van der Waals surface area contributed by atoms with Gasteiger partial charge in [-0.2, -0.15) is 0 Å². The molecule has 0 fully saturated rings.